The number of rotatable bonds is 6. The molecule has 0 aliphatic rings. The van der Waals surface area contributed by atoms with Gasteiger partial charge in [0.25, 0.3) is 0 Å². The fourth-order valence-corrected chi connectivity index (χ4v) is 8.69. The summed E-state index contributed by atoms with van der Waals surface area (Å²) >= 11 is 1.74. The van der Waals surface area contributed by atoms with Gasteiger partial charge >= 0.3 is 0 Å². The topological polar surface area (TPSA) is 64.7 Å². The zero-order valence-corrected chi connectivity index (χ0v) is 30.7. The summed E-state index contributed by atoms with van der Waals surface area (Å²) in [5.74, 6) is 2.50. The lowest BCUT2D eigenvalue weighted by atomic mass is 9.99. The lowest BCUT2D eigenvalue weighted by Gasteiger charge is -2.12. The molecule has 0 radical (unpaired) electrons. The van der Waals surface area contributed by atoms with E-state index in [1.807, 2.05) is 18.2 Å². The molecule has 0 saturated carbocycles. The number of aromatic nitrogens is 4. The van der Waals surface area contributed by atoms with Gasteiger partial charge in [0.1, 0.15) is 5.52 Å². The van der Waals surface area contributed by atoms with Crippen LogP contribution >= 0.6 is 11.3 Å². The lowest BCUT2D eigenvalue weighted by Crippen LogP contribution is -2.01. The maximum Gasteiger partial charge on any atom is 0.227 e. The summed E-state index contributed by atoms with van der Waals surface area (Å²) < 4.78 is 8.65. The van der Waals surface area contributed by atoms with Crippen LogP contribution in [0.1, 0.15) is 0 Å². The van der Waals surface area contributed by atoms with Crippen molar-refractivity contribution in [1.82, 2.24) is 19.9 Å². The highest BCUT2D eigenvalue weighted by Gasteiger charge is 2.18. The highest BCUT2D eigenvalue weighted by molar-refractivity contribution is 7.25. The van der Waals surface area contributed by atoms with Gasteiger partial charge in [-0.2, -0.15) is 0 Å². The van der Waals surface area contributed by atoms with Crippen molar-refractivity contribution in [3.8, 4) is 67.9 Å². The fraction of sp³-hybridized carbons (Fsp3) is 0. The van der Waals surface area contributed by atoms with Crippen LogP contribution < -0.4 is 0 Å². The van der Waals surface area contributed by atoms with E-state index in [9.17, 15) is 0 Å². The second kappa shape index (κ2) is 13.2. The van der Waals surface area contributed by atoms with Crippen molar-refractivity contribution >= 4 is 53.4 Å². The molecule has 0 aliphatic heterocycles. The summed E-state index contributed by atoms with van der Waals surface area (Å²) in [5.41, 5.74) is 9.89. The van der Waals surface area contributed by atoms with Gasteiger partial charge in [-0.15, -0.1) is 11.3 Å². The molecule has 8 aromatic carbocycles. The first-order chi connectivity index (χ1) is 27.7. The van der Waals surface area contributed by atoms with Gasteiger partial charge in [-0.3, -0.25) is 0 Å². The van der Waals surface area contributed by atoms with Crippen LogP contribution in [0.3, 0.4) is 0 Å². The van der Waals surface area contributed by atoms with E-state index in [1.54, 1.807) is 11.3 Å². The average Bonchev–Trinajstić information content (AvgIpc) is 3.86. The van der Waals surface area contributed by atoms with Crippen molar-refractivity contribution in [2.24, 2.45) is 0 Å². The molecule has 0 fully saturated rings. The van der Waals surface area contributed by atoms with Crippen molar-refractivity contribution < 1.29 is 4.42 Å². The molecule has 6 heteroatoms. The minimum Gasteiger partial charge on any atom is -0.436 e. The van der Waals surface area contributed by atoms with Crippen LogP contribution in [0.25, 0.3) is 110 Å². The summed E-state index contributed by atoms with van der Waals surface area (Å²) in [6, 6.07) is 63.0. The smallest absolute Gasteiger partial charge is 0.227 e. The van der Waals surface area contributed by atoms with E-state index in [2.05, 4.69) is 164 Å². The van der Waals surface area contributed by atoms with Gasteiger partial charge in [-0.05, 0) is 69.4 Å². The molecule has 0 unspecified atom stereocenters. The Balaban J connectivity index is 1.00. The second-order valence-corrected chi connectivity index (χ2v) is 15.0. The van der Waals surface area contributed by atoms with E-state index in [4.69, 9.17) is 24.4 Å². The van der Waals surface area contributed by atoms with Crippen LogP contribution in [-0.2, 0) is 0 Å². The predicted octanol–water partition coefficient (Wildman–Crippen LogP) is 13.5. The van der Waals surface area contributed by atoms with Crippen molar-refractivity contribution in [3.05, 3.63) is 182 Å². The van der Waals surface area contributed by atoms with Crippen LogP contribution in [0.5, 0.6) is 0 Å². The number of hydrogen-bond acceptors (Lipinski definition) is 6. The summed E-state index contributed by atoms with van der Waals surface area (Å²) in [4.78, 5) is 20.3. The third kappa shape index (κ3) is 5.72. The van der Waals surface area contributed by atoms with Gasteiger partial charge in [0.05, 0.1) is 0 Å². The Labute approximate surface area is 326 Å². The van der Waals surface area contributed by atoms with E-state index in [-0.39, 0.29) is 0 Å². The molecule has 0 bridgehead atoms. The molecule has 11 aromatic rings. The summed E-state index contributed by atoms with van der Waals surface area (Å²) in [6.07, 6.45) is 0. The zero-order chi connectivity index (χ0) is 37.0. The van der Waals surface area contributed by atoms with Gasteiger partial charge < -0.3 is 4.42 Å². The van der Waals surface area contributed by atoms with Crippen LogP contribution in [0.4, 0.5) is 0 Å². The maximum absolute atomic E-state index is 6.36. The Morgan fingerprint density at radius 1 is 0.357 bits per heavy atom. The van der Waals surface area contributed by atoms with Gasteiger partial charge in [0.2, 0.25) is 5.89 Å². The SMILES string of the molecule is c1ccc(-c2ccc(-c3nc4cc5sc6cc(-c7nc(-c8ccc9ccccc9c8)nc(-c8ccccc8-c8ccccc8)n7)ccc6c5cc4o3)cc2)cc1. The van der Waals surface area contributed by atoms with Gasteiger partial charge in [0.15, 0.2) is 23.1 Å². The highest BCUT2D eigenvalue weighted by atomic mass is 32.1. The molecule has 3 aromatic heterocycles. The molecule has 0 amide bonds. The van der Waals surface area contributed by atoms with E-state index < -0.39 is 0 Å². The molecule has 5 nitrogen and oxygen atoms in total. The standard InChI is InChI=1S/C50H30N4OS/c1-3-11-31(12-4-1)33-19-22-35(23-20-33)50-51-43-30-46-42(29-44(43)55-50)40-26-25-38(28-45(40)56-46)48-52-47(37-24-21-32-13-7-8-16-36(32)27-37)53-49(54-48)41-18-10-9-17-39(41)34-14-5-2-6-15-34/h1-30H. The molecular formula is C50H30N4OS. The largest absolute Gasteiger partial charge is 0.436 e. The third-order valence-electron chi connectivity index (χ3n) is 10.4. The highest BCUT2D eigenvalue weighted by Crippen LogP contribution is 2.40. The van der Waals surface area contributed by atoms with Crippen molar-refractivity contribution in [2.75, 3.05) is 0 Å². The number of thiophene rings is 1. The quantitative estimate of drug-likeness (QED) is 0.170. The van der Waals surface area contributed by atoms with Crippen LogP contribution in [0.15, 0.2) is 186 Å². The van der Waals surface area contributed by atoms with E-state index >= 15 is 0 Å². The Hall–Kier alpha value is -7.28. The number of hydrogen-bond donors (Lipinski definition) is 0. The lowest BCUT2D eigenvalue weighted by molar-refractivity contribution is 0.620. The first-order valence-electron chi connectivity index (χ1n) is 18.5. The molecule has 0 aliphatic carbocycles. The minimum absolute atomic E-state index is 0.616. The first kappa shape index (κ1) is 32.2. The molecule has 0 N–H and O–H groups in total. The number of nitrogens with zero attached hydrogens (tertiary/aromatic N) is 4. The Morgan fingerprint density at radius 2 is 0.929 bits per heavy atom. The summed E-state index contributed by atoms with van der Waals surface area (Å²) in [5, 5.41) is 4.60. The molecule has 0 atom stereocenters. The zero-order valence-electron chi connectivity index (χ0n) is 29.9. The molecule has 11 rings (SSSR count). The van der Waals surface area contributed by atoms with Crippen molar-refractivity contribution in [1.29, 1.82) is 0 Å². The summed E-state index contributed by atoms with van der Waals surface area (Å²) in [7, 11) is 0. The first-order valence-corrected chi connectivity index (χ1v) is 19.4. The van der Waals surface area contributed by atoms with E-state index in [0.717, 1.165) is 75.6 Å². The van der Waals surface area contributed by atoms with E-state index in [1.165, 1.54) is 10.9 Å². The number of fused-ring (bicyclic) bond motifs is 5. The Kier molecular flexibility index (Phi) is 7.60. The number of oxazole rings is 1. The third-order valence-corrected chi connectivity index (χ3v) is 11.5. The minimum atomic E-state index is 0.616. The van der Waals surface area contributed by atoms with E-state index in [0.29, 0.717) is 23.4 Å². The molecular weight excluding hydrogens is 705 g/mol. The summed E-state index contributed by atoms with van der Waals surface area (Å²) in [6.45, 7) is 0. The fourth-order valence-electron chi connectivity index (χ4n) is 7.53. The molecule has 0 spiro atoms. The van der Waals surface area contributed by atoms with Crippen molar-refractivity contribution in [3.63, 3.8) is 0 Å². The normalized spacial score (nSPS) is 11.6. The molecule has 0 saturated heterocycles. The van der Waals surface area contributed by atoms with Crippen LogP contribution in [0.2, 0.25) is 0 Å². The number of benzene rings is 8. The Bertz CT molecular complexity index is 3240. The van der Waals surface area contributed by atoms with Crippen LogP contribution in [-0.4, -0.2) is 19.9 Å². The Morgan fingerprint density at radius 3 is 1.71 bits per heavy atom. The maximum atomic E-state index is 6.36. The molecule has 262 valence electrons. The van der Waals surface area contributed by atoms with Gasteiger partial charge in [-0.25, -0.2) is 19.9 Å². The second-order valence-electron chi connectivity index (χ2n) is 13.9. The van der Waals surface area contributed by atoms with Crippen molar-refractivity contribution in [2.45, 2.75) is 0 Å². The monoisotopic (exact) mass is 734 g/mol. The van der Waals surface area contributed by atoms with Gasteiger partial charge in [0, 0.05) is 42.4 Å². The molecule has 56 heavy (non-hydrogen) atoms. The average molecular weight is 735 g/mol. The molecule has 3 heterocycles. The van der Waals surface area contributed by atoms with Gasteiger partial charge in [-0.1, -0.05) is 146 Å². The predicted molar refractivity (Wildman–Crippen MR) is 230 cm³/mol. The van der Waals surface area contributed by atoms with Crippen LogP contribution in [0, 0.1) is 0 Å².